The number of carbonyl (C=O) groups is 1. The zero-order valence-corrected chi connectivity index (χ0v) is 11.8. The van der Waals surface area contributed by atoms with E-state index in [4.69, 9.17) is 0 Å². The fourth-order valence-electron chi connectivity index (χ4n) is 1.33. The van der Waals surface area contributed by atoms with E-state index >= 15 is 0 Å². The van der Waals surface area contributed by atoms with E-state index in [1.54, 1.807) is 0 Å². The molecule has 1 aromatic heterocycles. The van der Waals surface area contributed by atoms with E-state index in [2.05, 4.69) is 20.3 Å². The van der Waals surface area contributed by atoms with Crippen LogP contribution in [0.15, 0.2) is 5.16 Å². The van der Waals surface area contributed by atoms with Crippen molar-refractivity contribution in [3.8, 4) is 0 Å². The SMILES string of the molecule is CCn1c(C)nnc1SCCNC(=O)OCC(F)(F)F. The van der Waals surface area contributed by atoms with Crippen molar-refractivity contribution < 1.29 is 22.7 Å². The van der Waals surface area contributed by atoms with Crippen molar-refractivity contribution in [3.63, 3.8) is 0 Å². The molecule has 10 heteroatoms. The molecule has 20 heavy (non-hydrogen) atoms. The van der Waals surface area contributed by atoms with E-state index in [1.165, 1.54) is 11.8 Å². The Kier molecular flexibility index (Phi) is 6.11. The summed E-state index contributed by atoms with van der Waals surface area (Å²) in [4.78, 5) is 11.0. The van der Waals surface area contributed by atoms with Crippen LogP contribution in [-0.2, 0) is 11.3 Å². The molecule has 1 N–H and O–H groups in total. The normalized spacial score (nSPS) is 11.4. The van der Waals surface area contributed by atoms with E-state index in [1.807, 2.05) is 18.4 Å². The smallest absolute Gasteiger partial charge is 0.422 e. The fourth-order valence-corrected chi connectivity index (χ4v) is 2.23. The molecule has 6 nitrogen and oxygen atoms in total. The summed E-state index contributed by atoms with van der Waals surface area (Å²) in [5, 5.41) is 10.8. The van der Waals surface area contributed by atoms with Gasteiger partial charge in [0.2, 0.25) is 0 Å². The standard InChI is InChI=1S/C10H15F3N4O2S/c1-3-17-7(2)15-16-8(17)20-5-4-14-9(18)19-6-10(11,12)13/h3-6H2,1-2H3,(H,14,18). The number of halogens is 3. The van der Waals surface area contributed by atoms with Crippen LogP contribution in [0.1, 0.15) is 12.7 Å². The Balaban J connectivity index is 2.23. The summed E-state index contributed by atoms with van der Waals surface area (Å²) in [5.74, 6) is 1.24. The average molecular weight is 312 g/mol. The second-order valence-corrected chi connectivity index (χ2v) is 4.80. The van der Waals surface area contributed by atoms with E-state index in [0.717, 1.165) is 12.4 Å². The summed E-state index contributed by atoms with van der Waals surface area (Å²) < 4.78 is 41.2. The molecule has 0 saturated carbocycles. The van der Waals surface area contributed by atoms with Gasteiger partial charge in [-0.25, -0.2) is 4.79 Å². The number of thioether (sulfide) groups is 1. The first-order valence-corrected chi connectivity index (χ1v) is 6.82. The van der Waals surface area contributed by atoms with Gasteiger partial charge in [0.1, 0.15) is 5.82 Å². The van der Waals surface area contributed by atoms with Gasteiger partial charge in [-0.05, 0) is 13.8 Å². The third-order valence-electron chi connectivity index (χ3n) is 2.19. The number of rotatable bonds is 6. The Morgan fingerprint density at radius 2 is 2.15 bits per heavy atom. The number of aryl methyl sites for hydroxylation is 1. The van der Waals surface area contributed by atoms with Crippen LogP contribution in [0.25, 0.3) is 0 Å². The largest absolute Gasteiger partial charge is 0.440 e. The van der Waals surface area contributed by atoms with Gasteiger partial charge in [0, 0.05) is 18.8 Å². The van der Waals surface area contributed by atoms with Crippen LogP contribution in [0.5, 0.6) is 0 Å². The molecule has 1 heterocycles. The number of alkyl carbamates (subject to hydrolysis) is 1. The van der Waals surface area contributed by atoms with E-state index in [9.17, 15) is 18.0 Å². The highest BCUT2D eigenvalue weighted by atomic mass is 32.2. The molecule has 1 rings (SSSR count). The number of amides is 1. The highest BCUT2D eigenvalue weighted by Gasteiger charge is 2.29. The summed E-state index contributed by atoms with van der Waals surface area (Å²) in [5.41, 5.74) is 0. The van der Waals surface area contributed by atoms with Crippen molar-refractivity contribution in [1.29, 1.82) is 0 Å². The van der Waals surface area contributed by atoms with Gasteiger partial charge < -0.3 is 14.6 Å². The predicted molar refractivity (Wildman–Crippen MR) is 66.6 cm³/mol. The van der Waals surface area contributed by atoms with Gasteiger partial charge >= 0.3 is 12.3 Å². The van der Waals surface area contributed by atoms with Crippen molar-refractivity contribution >= 4 is 17.9 Å². The van der Waals surface area contributed by atoms with Crippen LogP contribution in [0.3, 0.4) is 0 Å². The van der Waals surface area contributed by atoms with Crippen LogP contribution in [0.4, 0.5) is 18.0 Å². The highest BCUT2D eigenvalue weighted by Crippen LogP contribution is 2.16. The second-order valence-electron chi connectivity index (χ2n) is 3.74. The van der Waals surface area contributed by atoms with Gasteiger partial charge in [-0.2, -0.15) is 13.2 Å². The molecule has 0 spiro atoms. The molecule has 0 fully saturated rings. The summed E-state index contributed by atoms with van der Waals surface area (Å²) >= 11 is 1.35. The number of nitrogens with zero attached hydrogens (tertiary/aromatic N) is 3. The first kappa shape index (κ1) is 16.6. The number of nitrogens with one attached hydrogen (secondary N) is 1. The molecule has 0 aliphatic rings. The van der Waals surface area contributed by atoms with Crippen LogP contribution in [0.2, 0.25) is 0 Å². The molecule has 1 aromatic rings. The molecule has 0 saturated heterocycles. The molecule has 0 aliphatic heterocycles. The maximum Gasteiger partial charge on any atom is 0.422 e. The zero-order chi connectivity index (χ0) is 15.2. The molecule has 0 unspecified atom stereocenters. The van der Waals surface area contributed by atoms with Gasteiger partial charge in [0.15, 0.2) is 11.8 Å². The van der Waals surface area contributed by atoms with E-state index in [0.29, 0.717) is 10.9 Å². The first-order valence-electron chi connectivity index (χ1n) is 5.83. The first-order chi connectivity index (χ1) is 9.33. The number of ether oxygens (including phenoxy) is 1. The fraction of sp³-hybridized carbons (Fsp3) is 0.700. The van der Waals surface area contributed by atoms with E-state index < -0.39 is 18.9 Å². The topological polar surface area (TPSA) is 69.0 Å². The molecule has 114 valence electrons. The Morgan fingerprint density at radius 3 is 2.75 bits per heavy atom. The second kappa shape index (κ2) is 7.36. The van der Waals surface area contributed by atoms with Crippen LogP contribution >= 0.6 is 11.8 Å². The number of aromatic nitrogens is 3. The number of alkyl halides is 3. The monoisotopic (exact) mass is 312 g/mol. The van der Waals surface area contributed by atoms with Crippen LogP contribution in [-0.4, -0.2) is 45.9 Å². The van der Waals surface area contributed by atoms with Crippen molar-refractivity contribution in [3.05, 3.63) is 5.82 Å². The van der Waals surface area contributed by atoms with Crippen molar-refractivity contribution in [2.75, 3.05) is 18.9 Å². The van der Waals surface area contributed by atoms with Crippen molar-refractivity contribution in [2.45, 2.75) is 31.7 Å². The lowest BCUT2D eigenvalue weighted by molar-refractivity contribution is -0.160. The number of hydrogen-bond donors (Lipinski definition) is 1. The minimum absolute atomic E-state index is 0.178. The van der Waals surface area contributed by atoms with Crippen LogP contribution < -0.4 is 5.32 Å². The summed E-state index contributed by atoms with van der Waals surface area (Å²) in [6.07, 6.45) is -5.60. The quantitative estimate of drug-likeness (QED) is 0.642. The molecule has 0 radical (unpaired) electrons. The van der Waals surface area contributed by atoms with Crippen molar-refractivity contribution in [2.24, 2.45) is 0 Å². The average Bonchev–Trinajstić information content (AvgIpc) is 2.72. The molecule has 0 bridgehead atoms. The Morgan fingerprint density at radius 1 is 1.45 bits per heavy atom. The third-order valence-corrected chi connectivity index (χ3v) is 3.16. The molecule has 0 aliphatic carbocycles. The number of hydrogen-bond acceptors (Lipinski definition) is 5. The van der Waals surface area contributed by atoms with Gasteiger partial charge in [-0.15, -0.1) is 10.2 Å². The third kappa shape index (κ3) is 5.68. The minimum Gasteiger partial charge on any atom is -0.440 e. The molecular formula is C10H15F3N4O2S. The van der Waals surface area contributed by atoms with Gasteiger partial charge in [0.05, 0.1) is 0 Å². The molecule has 0 atom stereocenters. The maximum absolute atomic E-state index is 11.8. The summed E-state index contributed by atoms with van der Waals surface area (Å²) in [6.45, 7) is 3.09. The molecule has 0 aromatic carbocycles. The predicted octanol–water partition coefficient (Wildman–Crippen LogP) is 1.99. The minimum atomic E-state index is -4.51. The summed E-state index contributed by atoms with van der Waals surface area (Å²) in [6, 6.07) is 0. The zero-order valence-electron chi connectivity index (χ0n) is 11.0. The van der Waals surface area contributed by atoms with Gasteiger partial charge in [-0.3, -0.25) is 0 Å². The lowest BCUT2D eigenvalue weighted by atomic mass is 10.6. The number of carbonyl (C=O) groups excluding carboxylic acids is 1. The Labute approximate surface area is 118 Å². The maximum atomic E-state index is 11.8. The Hall–Kier alpha value is -1.45. The molecular weight excluding hydrogens is 297 g/mol. The highest BCUT2D eigenvalue weighted by molar-refractivity contribution is 7.99. The van der Waals surface area contributed by atoms with E-state index in [-0.39, 0.29) is 6.54 Å². The van der Waals surface area contributed by atoms with Gasteiger partial charge in [-0.1, -0.05) is 11.8 Å². The lowest BCUT2D eigenvalue weighted by Gasteiger charge is -2.09. The van der Waals surface area contributed by atoms with Crippen LogP contribution in [0, 0.1) is 6.92 Å². The van der Waals surface area contributed by atoms with Gasteiger partial charge in [0.25, 0.3) is 0 Å². The lowest BCUT2D eigenvalue weighted by Crippen LogP contribution is -2.30. The Bertz CT molecular complexity index is 450. The summed E-state index contributed by atoms with van der Waals surface area (Å²) in [7, 11) is 0. The molecule has 1 amide bonds. The van der Waals surface area contributed by atoms with Crippen molar-refractivity contribution in [1.82, 2.24) is 20.1 Å².